The molecule has 0 aromatic heterocycles. The zero-order chi connectivity index (χ0) is 14.2. The van der Waals surface area contributed by atoms with Gasteiger partial charge in [0.2, 0.25) is 0 Å². The fourth-order valence-electron chi connectivity index (χ4n) is 2.31. The third-order valence-corrected chi connectivity index (χ3v) is 3.88. The van der Waals surface area contributed by atoms with Crippen LogP contribution in [0.5, 0.6) is 0 Å². The van der Waals surface area contributed by atoms with Crippen molar-refractivity contribution in [3.63, 3.8) is 0 Å². The van der Waals surface area contributed by atoms with Gasteiger partial charge in [-0.1, -0.05) is 20.4 Å². The number of nitrogens with zero attached hydrogens (tertiary/aromatic N) is 1. The number of hydrogen-bond donors (Lipinski definition) is 0. The number of nitro benzene ring substituents is 1. The monoisotopic (exact) mass is 261 g/mol. The minimum Gasteiger partial charge on any atom is -0.453 e. The van der Waals surface area contributed by atoms with Crippen molar-refractivity contribution in [1.29, 1.82) is 0 Å². The highest BCUT2D eigenvalue weighted by Gasteiger charge is 2.48. The molecule has 1 fully saturated rings. The first-order chi connectivity index (χ1) is 8.90. The van der Waals surface area contributed by atoms with E-state index >= 15 is 0 Å². The van der Waals surface area contributed by atoms with Crippen LogP contribution in [-0.4, -0.2) is 10.9 Å². The van der Waals surface area contributed by atoms with Gasteiger partial charge in [0.05, 0.1) is 4.92 Å². The predicted molar refractivity (Wildman–Crippen MR) is 69.5 cm³/mol. The second kappa shape index (κ2) is 4.50. The average Bonchev–Trinajstić information content (AvgIpc) is 2.64. The molecule has 0 saturated carbocycles. The van der Waals surface area contributed by atoms with E-state index in [0.29, 0.717) is 12.0 Å². The van der Waals surface area contributed by atoms with Crippen LogP contribution in [0.1, 0.15) is 31.9 Å². The Labute approximate surface area is 111 Å². The third-order valence-electron chi connectivity index (χ3n) is 3.88. The van der Waals surface area contributed by atoms with E-state index < -0.39 is 22.4 Å². The fraction of sp³-hybridized carbons (Fsp3) is 0.357. The molecule has 5 heteroatoms. The van der Waals surface area contributed by atoms with Crippen molar-refractivity contribution in [2.45, 2.75) is 26.4 Å². The van der Waals surface area contributed by atoms with Gasteiger partial charge in [-0.25, -0.2) is 4.79 Å². The summed E-state index contributed by atoms with van der Waals surface area (Å²) in [6.07, 6.45) is 0.275. The van der Waals surface area contributed by atoms with E-state index in [0.717, 1.165) is 5.56 Å². The van der Waals surface area contributed by atoms with E-state index in [1.54, 1.807) is 12.1 Å². The Bertz CT molecular complexity index is 549. The van der Waals surface area contributed by atoms with E-state index in [4.69, 9.17) is 4.74 Å². The lowest BCUT2D eigenvalue weighted by Crippen LogP contribution is -2.21. The van der Waals surface area contributed by atoms with E-state index in [1.807, 2.05) is 13.8 Å². The maximum absolute atomic E-state index is 11.7. The average molecular weight is 261 g/mol. The van der Waals surface area contributed by atoms with Crippen molar-refractivity contribution >= 4 is 11.7 Å². The second-order valence-electron chi connectivity index (χ2n) is 4.88. The summed E-state index contributed by atoms with van der Waals surface area (Å²) in [5.41, 5.74) is 0.762. The Morgan fingerprint density at radius 2 is 2.00 bits per heavy atom. The van der Waals surface area contributed by atoms with Crippen LogP contribution in [0.4, 0.5) is 5.69 Å². The summed E-state index contributed by atoms with van der Waals surface area (Å²) in [6.45, 7) is 7.68. The summed E-state index contributed by atoms with van der Waals surface area (Å²) < 4.78 is 5.36. The number of nitro groups is 1. The lowest BCUT2D eigenvalue weighted by molar-refractivity contribution is -0.384. The molecule has 1 heterocycles. The van der Waals surface area contributed by atoms with Crippen LogP contribution < -0.4 is 0 Å². The number of cyclic esters (lactones) is 1. The Morgan fingerprint density at radius 3 is 2.47 bits per heavy atom. The summed E-state index contributed by atoms with van der Waals surface area (Å²) in [5.74, 6) is -0.396. The largest absolute Gasteiger partial charge is 0.453 e. The number of carbonyl (C=O) groups excluding carboxylic acids is 1. The smallest absolute Gasteiger partial charge is 0.334 e. The summed E-state index contributed by atoms with van der Waals surface area (Å²) in [7, 11) is 0. The number of hydrogen-bond acceptors (Lipinski definition) is 4. The molecular formula is C14H15NO4. The van der Waals surface area contributed by atoms with Gasteiger partial charge in [0.1, 0.15) is 6.10 Å². The van der Waals surface area contributed by atoms with Gasteiger partial charge in [0.15, 0.2) is 0 Å². The second-order valence-corrected chi connectivity index (χ2v) is 4.88. The van der Waals surface area contributed by atoms with Gasteiger partial charge in [-0.15, -0.1) is 0 Å². The predicted octanol–water partition coefficient (Wildman–Crippen LogP) is 3.17. The molecule has 2 atom stereocenters. The van der Waals surface area contributed by atoms with Crippen LogP contribution >= 0.6 is 0 Å². The van der Waals surface area contributed by atoms with Gasteiger partial charge in [0.25, 0.3) is 5.69 Å². The molecule has 100 valence electrons. The van der Waals surface area contributed by atoms with Crippen LogP contribution in [0.25, 0.3) is 0 Å². The van der Waals surface area contributed by atoms with Crippen LogP contribution in [-0.2, 0) is 9.53 Å². The van der Waals surface area contributed by atoms with Gasteiger partial charge < -0.3 is 4.74 Å². The van der Waals surface area contributed by atoms with Crippen molar-refractivity contribution in [2.75, 3.05) is 0 Å². The number of esters is 1. The number of non-ortho nitro benzene ring substituents is 1. The van der Waals surface area contributed by atoms with Crippen LogP contribution in [0.2, 0.25) is 0 Å². The molecule has 0 bridgehead atoms. The molecule has 1 aliphatic rings. The maximum Gasteiger partial charge on any atom is 0.334 e. The summed E-state index contributed by atoms with van der Waals surface area (Å²) in [6, 6.07) is 6.09. The molecule has 2 rings (SSSR count). The first-order valence-electron chi connectivity index (χ1n) is 6.05. The van der Waals surface area contributed by atoms with Crippen molar-refractivity contribution in [3.05, 3.63) is 52.1 Å². The molecule has 1 aromatic carbocycles. The molecule has 0 amide bonds. The zero-order valence-electron chi connectivity index (χ0n) is 10.9. The molecule has 0 aliphatic carbocycles. The molecule has 19 heavy (non-hydrogen) atoms. The maximum atomic E-state index is 11.7. The molecule has 1 saturated heterocycles. The minimum absolute atomic E-state index is 0.0186. The van der Waals surface area contributed by atoms with Crippen molar-refractivity contribution in [2.24, 2.45) is 5.41 Å². The van der Waals surface area contributed by atoms with Gasteiger partial charge in [-0.2, -0.15) is 0 Å². The highest BCUT2D eigenvalue weighted by atomic mass is 16.6. The topological polar surface area (TPSA) is 69.4 Å². The Hall–Kier alpha value is -2.17. The minimum atomic E-state index is -0.465. The first-order valence-corrected chi connectivity index (χ1v) is 6.05. The Morgan fingerprint density at radius 1 is 1.42 bits per heavy atom. The number of rotatable bonds is 3. The molecule has 5 nitrogen and oxygen atoms in total. The van der Waals surface area contributed by atoms with Crippen molar-refractivity contribution in [1.82, 2.24) is 0 Å². The molecule has 0 N–H and O–H groups in total. The van der Waals surface area contributed by atoms with Crippen LogP contribution in [0.15, 0.2) is 36.4 Å². The fourth-order valence-corrected chi connectivity index (χ4v) is 2.31. The van der Waals surface area contributed by atoms with Crippen molar-refractivity contribution < 1.29 is 14.5 Å². The van der Waals surface area contributed by atoms with Crippen molar-refractivity contribution in [3.8, 4) is 0 Å². The van der Waals surface area contributed by atoms with Gasteiger partial charge >= 0.3 is 5.97 Å². The van der Waals surface area contributed by atoms with E-state index in [9.17, 15) is 14.9 Å². The van der Waals surface area contributed by atoms with E-state index in [1.165, 1.54) is 12.1 Å². The SMILES string of the molecule is C=C1C(=O)O[C@H](c2ccc([N+](=O)[O-])cc2)[C@@]1(C)CC. The zero-order valence-corrected chi connectivity index (χ0v) is 10.9. The molecular weight excluding hydrogens is 246 g/mol. The molecule has 0 unspecified atom stereocenters. The van der Waals surface area contributed by atoms with Gasteiger partial charge in [-0.3, -0.25) is 10.1 Å². The lowest BCUT2D eigenvalue weighted by Gasteiger charge is -2.27. The summed E-state index contributed by atoms with van der Waals surface area (Å²) in [4.78, 5) is 21.8. The number of benzene rings is 1. The highest BCUT2D eigenvalue weighted by molar-refractivity contribution is 5.92. The standard InChI is InChI=1S/C14H15NO4/c1-4-14(3)9(2)13(16)19-12(14)10-5-7-11(8-6-10)15(17)18/h5-8,12H,2,4H2,1,3H3/t12-,14+/m1/s1. The number of ether oxygens (including phenoxy) is 1. The van der Waals surface area contributed by atoms with E-state index in [-0.39, 0.29) is 5.69 Å². The third kappa shape index (κ3) is 2.01. The molecule has 0 spiro atoms. The first kappa shape index (κ1) is 13.3. The normalized spacial score (nSPS) is 26.3. The molecule has 1 aliphatic heterocycles. The summed E-state index contributed by atoms with van der Waals surface area (Å²) in [5, 5.41) is 10.6. The molecule has 0 radical (unpaired) electrons. The van der Waals surface area contributed by atoms with Gasteiger partial charge in [-0.05, 0) is 24.1 Å². The van der Waals surface area contributed by atoms with Gasteiger partial charge in [0, 0.05) is 23.1 Å². The van der Waals surface area contributed by atoms with Crippen LogP contribution in [0, 0.1) is 15.5 Å². The Balaban J connectivity index is 2.38. The molecule has 1 aromatic rings. The quantitative estimate of drug-likeness (QED) is 0.362. The summed E-state index contributed by atoms with van der Waals surface area (Å²) >= 11 is 0. The van der Waals surface area contributed by atoms with E-state index in [2.05, 4.69) is 6.58 Å². The Kier molecular flexibility index (Phi) is 3.14. The number of carbonyl (C=O) groups is 1. The highest BCUT2D eigenvalue weighted by Crippen LogP contribution is 2.50. The lowest BCUT2D eigenvalue weighted by atomic mass is 9.75. The van der Waals surface area contributed by atoms with Crippen LogP contribution in [0.3, 0.4) is 0 Å².